The van der Waals surface area contributed by atoms with Crippen LogP contribution >= 0.6 is 11.6 Å². The van der Waals surface area contributed by atoms with E-state index in [9.17, 15) is 18.0 Å². The van der Waals surface area contributed by atoms with Gasteiger partial charge in [-0.2, -0.15) is 0 Å². The number of benzene rings is 2. The van der Waals surface area contributed by atoms with Crippen LogP contribution in [0, 0.1) is 0 Å². The molecule has 9 heteroatoms. The summed E-state index contributed by atoms with van der Waals surface area (Å²) in [7, 11) is -3.55. The highest BCUT2D eigenvalue weighted by atomic mass is 35.5. The van der Waals surface area contributed by atoms with Crippen LogP contribution in [-0.4, -0.2) is 38.3 Å². The quantitative estimate of drug-likeness (QED) is 0.714. The van der Waals surface area contributed by atoms with Gasteiger partial charge in [0.05, 0.1) is 22.2 Å². The molecule has 1 aliphatic rings. The minimum absolute atomic E-state index is 0.0810. The van der Waals surface area contributed by atoms with Gasteiger partial charge in [0, 0.05) is 6.07 Å². The van der Waals surface area contributed by atoms with Gasteiger partial charge in [-0.3, -0.25) is 9.59 Å². The van der Waals surface area contributed by atoms with Crippen LogP contribution in [0.5, 0.6) is 5.75 Å². The molecule has 3 rings (SSSR count). The molecule has 0 aromatic heterocycles. The van der Waals surface area contributed by atoms with E-state index in [1.807, 2.05) is 30.3 Å². The van der Waals surface area contributed by atoms with Gasteiger partial charge in [-0.25, -0.2) is 8.42 Å². The second-order valence-corrected chi connectivity index (χ2v) is 8.99. The molecule has 2 N–H and O–H groups in total. The zero-order chi connectivity index (χ0) is 20.1. The molecule has 28 heavy (non-hydrogen) atoms. The topological polar surface area (TPSA) is 102 Å². The van der Waals surface area contributed by atoms with E-state index in [1.165, 1.54) is 12.1 Å². The van der Waals surface area contributed by atoms with Crippen LogP contribution in [0.1, 0.15) is 12.0 Å². The molecule has 7 nitrogen and oxygen atoms in total. The van der Waals surface area contributed by atoms with Crippen LogP contribution in [0.3, 0.4) is 0 Å². The fourth-order valence-corrected chi connectivity index (χ4v) is 4.21. The number of hydrogen-bond acceptors (Lipinski definition) is 5. The number of fused-ring (bicyclic) bond motifs is 1. The number of sulfone groups is 1. The van der Waals surface area contributed by atoms with Gasteiger partial charge in [0.15, 0.2) is 16.4 Å². The third kappa shape index (κ3) is 5.46. The van der Waals surface area contributed by atoms with Crippen LogP contribution in [0.2, 0.25) is 5.02 Å². The molecule has 2 aromatic rings. The number of hydrogen-bond donors (Lipinski definition) is 2. The Morgan fingerprint density at radius 1 is 1.21 bits per heavy atom. The molecule has 0 saturated carbocycles. The van der Waals surface area contributed by atoms with Crippen molar-refractivity contribution in [1.29, 1.82) is 0 Å². The number of nitrogens with one attached hydrogen (secondary N) is 2. The summed E-state index contributed by atoms with van der Waals surface area (Å²) in [4.78, 5) is 23.5. The summed E-state index contributed by atoms with van der Waals surface area (Å²) in [6.45, 7) is -0.141. The molecule has 148 valence electrons. The smallest absolute Gasteiger partial charge is 0.262 e. The molecule has 0 bridgehead atoms. The van der Waals surface area contributed by atoms with Gasteiger partial charge >= 0.3 is 0 Å². The minimum Gasteiger partial charge on any atom is -0.482 e. The molecule has 1 heterocycles. The van der Waals surface area contributed by atoms with Crippen molar-refractivity contribution in [2.45, 2.75) is 12.8 Å². The van der Waals surface area contributed by atoms with E-state index in [0.29, 0.717) is 24.3 Å². The van der Waals surface area contributed by atoms with Gasteiger partial charge in [-0.15, -0.1) is 0 Å². The van der Waals surface area contributed by atoms with E-state index in [-0.39, 0.29) is 29.0 Å². The first-order chi connectivity index (χ1) is 13.3. The Hall–Kier alpha value is -2.58. The molecular weight excluding hydrogens is 404 g/mol. The van der Waals surface area contributed by atoms with Gasteiger partial charge in [0.2, 0.25) is 5.91 Å². The van der Waals surface area contributed by atoms with Crippen molar-refractivity contribution in [2.24, 2.45) is 0 Å². The molecule has 0 aliphatic carbocycles. The number of amides is 2. The largest absolute Gasteiger partial charge is 0.482 e. The standard InChI is InChI=1S/C19H19ClN2O5S/c20-14-9-16-17(27-11-18(23)22-16)10-15(14)21-19(24)12-28(25,26)8-4-7-13-5-2-1-3-6-13/h1-3,5-6,9-10H,4,7-8,11-12H2,(H,21,24)(H,22,23). The number of halogens is 1. The van der Waals surface area contributed by atoms with Crippen LogP contribution in [0.15, 0.2) is 42.5 Å². The van der Waals surface area contributed by atoms with Crippen LogP contribution in [-0.2, 0) is 25.8 Å². The highest BCUT2D eigenvalue weighted by Crippen LogP contribution is 2.36. The van der Waals surface area contributed by atoms with Crippen molar-refractivity contribution in [3.63, 3.8) is 0 Å². The SMILES string of the molecule is O=C(CS(=O)(=O)CCCc1ccccc1)Nc1cc2c(cc1Cl)NC(=O)CO2. The summed E-state index contributed by atoms with van der Waals surface area (Å²) in [5, 5.41) is 5.26. The summed E-state index contributed by atoms with van der Waals surface area (Å²) < 4.78 is 29.7. The maximum Gasteiger partial charge on any atom is 0.262 e. The summed E-state index contributed by atoms with van der Waals surface area (Å²) in [5.74, 6) is -1.34. The van der Waals surface area contributed by atoms with Crippen molar-refractivity contribution in [3.05, 3.63) is 53.1 Å². The summed E-state index contributed by atoms with van der Waals surface area (Å²) in [6, 6.07) is 12.5. The lowest BCUT2D eigenvalue weighted by Crippen LogP contribution is -2.26. The van der Waals surface area contributed by atoms with E-state index >= 15 is 0 Å². The van der Waals surface area contributed by atoms with Crippen molar-refractivity contribution < 1.29 is 22.7 Å². The van der Waals surface area contributed by atoms with Crippen LogP contribution in [0.25, 0.3) is 0 Å². The predicted octanol–water partition coefficient (Wildman–Crippen LogP) is 2.66. The molecule has 2 amide bonds. The van der Waals surface area contributed by atoms with Crippen LogP contribution in [0.4, 0.5) is 11.4 Å². The Labute approximate surface area is 168 Å². The molecule has 1 aliphatic heterocycles. The number of carbonyl (C=O) groups is 2. The third-order valence-corrected chi connectivity index (χ3v) is 6.02. The lowest BCUT2D eigenvalue weighted by atomic mass is 10.1. The van der Waals surface area contributed by atoms with Crippen molar-refractivity contribution in [3.8, 4) is 5.75 Å². The molecule has 0 saturated heterocycles. The molecule has 0 radical (unpaired) electrons. The third-order valence-electron chi connectivity index (χ3n) is 4.09. The van der Waals surface area contributed by atoms with E-state index in [0.717, 1.165) is 5.56 Å². The number of carbonyl (C=O) groups excluding carboxylic acids is 2. The Morgan fingerprint density at radius 3 is 2.71 bits per heavy atom. The van der Waals surface area contributed by atoms with E-state index in [1.54, 1.807) is 0 Å². The fourth-order valence-electron chi connectivity index (χ4n) is 2.79. The van der Waals surface area contributed by atoms with E-state index < -0.39 is 21.5 Å². The second-order valence-electron chi connectivity index (χ2n) is 6.39. The Bertz CT molecular complexity index is 993. The zero-order valence-corrected chi connectivity index (χ0v) is 16.5. The first kappa shape index (κ1) is 20.2. The van der Waals surface area contributed by atoms with Gasteiger partial charge in [-0.05, 0) is 24.5 Å². The second kappa shape index (κ2) is 8.62. The predicted molar refractivity (Wildman–Crippen MR) is 108 cm³/mol. The van der Waals surface area contributed by atoms with E-state index in [4.69, 9.17) is 16.3 Å². The maximum atomic E-state index is 12.2. The Morgan fingerprint density at radius 2 is 1.96 bits per heavy atom. The lowest BCUT2D eigenvalue weighted by Gasteiger charge is -2.19. The number of ether oxygens (including phenoxy) is 1. The molecule has 0 atom stereocenters. The summed E-state index contributed by atoms with van der Waals surface area (Å²) in [5.41, 5.74) is 1.67. The highest BCUT2D eigenvalue weighted by molar-refractivity contribution is 7.92. The Kier molecular flexibility index (Phi) is 6.21. The van der Waals surface area contributed by atoms with Crippen LogP contribution < -0.4 is 15.4 Å². The average Bonchev–Trinajstić information content (AvgIpc) is 2.63. The van der Waals surface area contributed by atoms with Gasteiger partial charge in [0.1, 0.15) is 11.5 Å². The van der Waals surface area contributed by atoms with Crippen molar-refractivity contribution in [2.75, 3.05) is 28.7 Å². The molecular formula is C19H19ClN2O5S. The highest BCUT2D eigenvalue weighted by Gasteiger charge is 2.21. The van der Waals surface area contributed by atoms with Gasteiger partial charge in [0.25, 0.3) is 5.91 Å². The van der Waals surface area contributed by atoms with E-state index in [2.05, 4.69) is 10.6 Å². The molecule has 2 aromatic carbocycles. The van der Waals surface area contributed by atoms with Gasteiger partial charge < -0.3 is 15.4 Å². The molecule has 0 unspecified atom stereocenters. The average molecular weight is 423 g/mol. The number of aryl methyl sites for hydroxylation is 1. The molecule has 0 spiro atoms. The van der Waals surface area contributed by atoms with Crippen molar-refractivity contribution >= 4 is 44.6 Å². The normalized spacial score (nSPS) is 13.2. The summed E-state index contributed by atoms with van der Waals surface area (Å²) >= 11 is 6.10. The first-order valence-electron chi connectivity index (χ1n) is 8.63. The molecule has 0 fully saturated rings. The van der Waals surface area contributed by atoms with Gasteiger partial charge in [-0.1, -0.05) is 41.9 Å². The van der Waals surface area contributed by atoms with Crippen molar-refractivity contribution in [1.82, 2.24) is 0 Å². The number of anilines is 2. The first-order valence-corrected chi connectivity index (χ1v) is 10.8. The zero-order valence-electron chi connectivity index (χ0n) is 14.9. The summed E-state index contributed by atoms with van der Waals surface area (Å²) in [6.07, 6.45) is 1.06. The maximum absolute atomic E-state index is 12.2. The monoisotopic (exact) mass is 422 g/mol. The minimum atomic E-state index is -3.55. The fraction of sp³-hybridized carbons (Fsp3) is 0.263. The lowest BCUT2D eigenvalue weighted by molar-refractivity contribution is -0.118. The number of rotatable bonds is 7. The Balaban J connectivity index is 1.56.